The Balaban J connectivity index is 1.89. The van der Waals surface area contributed by atoms with E-state index in [4.69, 9.17) is 16.3 Å². The molecular formula is C17H23ClN4O4. The van der Waals surface area contributed by atoms with Gasteiger partial charge in [0.25, 0.3) is 5.91 Å². The predicted octanol–water partition coefficient (Wildman–Crippen LogP) is 1.91. The van der Waals surface area contributed by atoms with Crippen molar-refractivity contribution in [2.75, 3.05) is 18.6 Å². The van der Waals surface area contributed by atoms with E-state index >= 15 is 0 Å². The lowest BCUT2D eigenvalue weighted by atomic mass is 10.2. The van der Waals surface area contributed by atoms with Gasteiger partial charge in [-0.1, -0.05) is 11.6 Å². The van der Waals surface area contributed by atoms with E-state index in [0.29, 0.717) is 30.1 Å². The van der Waals surface area contributed by atoms with Crippen molar-refractivity contribution in [3.05, 3.63) is 29.3 Å². The summed E-state index contributed by atoms with van der Waals surface area (Å²) in [6, 6.07) is 4.99. The van der Waals surface area contributed by atoms with E-state index in [1.165, 1.54) is 4.90 Å². The molecule has 0 radical (unpaired) electrons. The van der Waals surface area contributed by atoms with Gasteiger partial charge in [0.1, 0.15) is 12.1 Å². The average Bonchev–Trinajstić information content (AvgIpc) is 3.11. The predicted molar refractivity (Wildman–Crippen MR) is 97.6 cm³/mol. The number of hydrogen-bond acceptors (Lipinski definition) is 5. The van der Waals surface area contributed by atoms with Crippen LogP contribution in [0, 0.1) is 0 Å². The number of nitrogens with zero attached hydrogens (tertiary/aromatic N) is 1. The number of anilines is 1. The first-order chi connectivity index (χ1) is 12.4. The lowest BCUT2D eigenvalue weighted by Crippen LogP contribution is -2.53. The Bertz CT molecular complexity index is 653. The molecule has 9 heteroatoms. The second-order valence-electron chi connectivity index (χ2n) is 5.90. The van der Waals surface area contributed by atoms with Crippen molar-refractivity contribution in [1.82, 2.24) is 15.6 Å². The number of carbonyl (C=O) groups is 3. The number of ether oxygens (including phenoxy) is 1. The van der Waals surface area contributed by atoms with E-state index in [1.807, 2.05) is 0 Å². The summed E-state index contributed by atoms with van der Waals surface area (Å²) >= 11 is 5.82. The van der Waals surface area contributed by atoms with Crippen molar-refractivity contribution in [3.8, 4) is 0 Å². The number of rotatable bonds is 6. The number of urea groups is 1. The summed E-state index contributed by atoms with van der Waals surface area (Å²) in [5, 5.41) is 3.16. The summed E-state index contributed by atoms with van der Waals surface area (Å²) in [5.74, 6) is -0.832. The molecular weight excluding hydrogens is 360 g/mol. The van der Waals surface area contributed by atoms with Gasteiger partial charge in [-0.15, -0.1) is 0 Å². The van der Waals surface area contributed by atoms with Crippen molar-refractivity contribution < 1.29 is 19.1 Å². The zero-order valence-corrected chi connectivity index (χ0v) is 15.5. The SMILES string of the molecule is CCOC(=O)[C@H](C)NC(=O)N1CCCC1C(=O)NNc1ccc(Cl)cc1. The molecule has 0 bridgehead atoms. The smallest absolute Gasteiger partial charge is 0.328 e. The van der Waals surface area contributed by atoms with Crippen LogP contribution in [-0.2, 0) is 14.3 Å². The molecule has 1 aliphatic heterocycles. The van der Waals surface area contributed by atoms with Gasteiger partial charge in [0, 0.05) is 11.6 Å². The fourth-order valence-corrected chi connectivity index (χ4v) is 2.75. The number of halogens is 1. The second kappa shape index (κ2) is 9.28. The van der Waals surface area contributed by atoms with Crippen LogP contribution in [0.15, 0.2) is 24.3 Å². The topological polar surface area (TPSA) is 99.8 Å². The Morgan fingerprint density at radius 3 is 2.65 bits per heavy atom. The number of amides is 3. The van der Waals surface area contributed by atoms with E-state index in [2.05, 4.69) is 16.2 Å². The van der Waals surface area contributed by atoms with Crippen LogP contribution in [0.4, 0.5) is 10.5 Å². The van der Waals surface area contributed by atoms with Gasteiger partial charge in [0.05, 0.1) is 12.3 Å². The molecule has 1 aromatic rings. The number of hydrazine groups is 1. The molecule has 142 valence electrons. The highest BCUT2D eigenvalue weighted by Gasteiger charge is 2.35. The van der Waals surface area contributed by atoms with Crippen LogP contribution in [0.2, 0.25) is 5.02 Å². The summed E-state index contributed by atoms with van der Waals surface area (Å²) in [7, 11) is 0. The lowest BCUT2D eigenvalue weighted by Gasteiger charge is -2.25. The van der Waals surface area contributed by atoms with Crippen LogP contribution in [0.3, 0.4) is 0 Å². The average molecular weight is 383 g/mol. The number of esters is 1. The molecule has 26 heavy (non-hydrogen) atoms. The Morgan fingerprint density at radius 2 is 2.00 bits per heavy atom. The summed E-state index contributed by atoms with van der Waals surface area (Å²) < 4.78 is 4.87. The van der Waals surface area contributed by atoms with Crippen LogP contribution in [0.1, 0.15) is 26.7 Å². The quantitative estimate of drug-likeness (QED) is 0.515. The maximum atomic E-state index is 12.4. The number of carbonyl (C=O) groups excluding carboxylic acids is 3. The minimum atomic E-state index is -0.779. The van der Waals surface area contributed by atoms with Crippen molar-refractivity contribution in [2.45, 2.75) is 38.8 Å². The number of benzene rings is 1. The third-order valence-electron chi connectivity index (χ3n) is 3.97. The van der Waals surface area contributed by atoms with Gasteiger partial charge in [-0.25, -0.2) is 9.59 Å². The molecule has 3 amide bonds. The maximum absolute atomic E-state index is 12.4. The van der Waals surface area contributed by atoms with Gasteiger partial charge in [-0.2, -0.15) is 0 Å². The molecule has 0 aliphatic carbocycles. The Hall–Kier alpha value is -2.48. The van der Waals surface area contributed by atoms with E-state index < -0.39 is 24.1 Å². The normalized spacial score (nSPS) is 17.3. The molecule has 1 unspecified atom stereocenters. The van der Waals surface area contributed by atoms with Gasteiger partial charge in [0.2, 0.25) is 0 Å². The molecule has 2 rings (SSSR count). The minimum absolute atomic E-state index is 0.240. The lowest BCUT2D eigenvalue weighted by molar-refractivity contribution is -0.144. The van der Waals surface area contributed by atoms with Crippen LogP contribution in [0.25, 0.3) is 0 Å². The molecule has 1 heterocycles. The summed E-state index contributed by atoms with van der Waals surface area (Å²) in [4.78, 5) is 37.9. The van der Waals surface area contributed by atoms with Gasteiger partial charge in [0.15, 0.2) is 0 Å². The van der Waals surface area contributed by atoms with Crippen molar-refractivity contribution >= 4 is 35.2 Å². The molecule has 8 nitrogen and oxygen atoms in total. The van der Waals surface area contributed by atoms with Crippen LogP contribution < -0.4 is 16.2 Å². The molecule has 2 atom stereocenters. The first-order valence-corrected chi connectivity index (χ1v) is 8.85. The van der Waals surface area contributed by atoms with Gasteiger partial charge < -0.3 is 15.0 Å². The van der Waals surface area contributed by atoms with Gasteiger partial charge >= 0.3 is 12.0 Å². The Kier molecular flexibility index (Phi) is 7.08. The highest BCUT2D eigenvalue weighted by atomic mass is 35.5. The monoisotopic (exact) mass is 382 g/mol. The van der Waals surface area contributed by atoms with Crippen LogP contribution in [-0.4, -0.2) is 48.0 Å². The maximum Gasteiger partial charge on any atom is 0.328 e. The van der Waals surface area contributed by atoms with Gasteiger partial charge in [-0.05, 0) is 51.0 Å². The molecule has 1 saturated heterocycles. The highest BCUT2D eigenvalue weighted by molar-refractivity contribution is 6.30. The van der Waals surface area contributed by atoms with Crippen molar-refractivity contribution in [3.63, 3.8) is 0 Å². The van der Waals surface area contributed by atoms with Crippen LogP contribution in [0.5, 0.6) is 0 Å². The zero-order valence-electron chi connectivity index (χ0n) is 14.8. The largest absolute Gasteiger partial charge is 0.464 e. The fraction of sp³-hybridized carbons (Fsp3) is 0.471. The molecule has 1 fully saturated rings. The third kappa shape index (κ3) is 5.26. The van der Waals surface area contributed by atoms with Gasteiger partial charge in [-0.3, -0.25) is 15.6 Å². The molecule has 1 aromatic carbocycles. The van der Waals surface area contributed by atoms with Crippen molar-refractivity contribution in [1.29, 1.82) is 0 Å². The highest BCUT2D eigenvalue weighted by Crippen LogP contribution is 2.18. The number of likely N-dealkylation sites (tertiary alicyclic amines) is 1. The third-order valence-corrected chi connectivity index (χ3v) is 4.22. The van der Waals surface area contributed by atoms with E-state index in [9.17, 15) is 14.4 Å². The minimum Gasteiger partial charge on any atom is -0.464 e. The fourth-order valence-electron chi connectivity index (χ4n) is 2.63. The zero-order chi connectivity index (χ0) is 19.1. The second-order valence-corrected chi connectivity index (χ2v) is 6.33. The van der Waals surface area contributed by atoms with Crippen molar-refractivity contribution in [2.24, 2.45) is 0 Å². The molecule has 3 N–H and O–H groups in total. The molecule has 1 aliphatic rings. The Labute approximate surface area is 157 Å². The van der Waals surface area contributed by atoms with E-state index in [1.54, 1.807) is 38.1 Å². The number of nitrogens with one attached hydrogen (secondary N) is 3. The standard InChI is InChI=1S/C17H23ClN4O4/c1-3-26-16(24)11(2)19-17(25)22-10-4-5-14(22)15(23)21-20-13-8-6-12(18)7-9-13/h6-9,11,14,20H,3-5,10H2,1-2H3,(H,19,25)(H,21,23)/t11-,14?/m0/s1. The summed E-state index contributed by atoms with van der Waals surface area (Å²) in [6.07, 6.45) is 1.26. The van der Waals surface area contributed by atoms with Crippen LogP contribution >= 0.6 is 11.6 Å². The summed E-state index contributed by atoms with van der Waals surface area (Å²) in [6.45, 7) is 3.93. The molecule has 0 spiro atoms. The molecule has 0 saturated carbocycles. The first kappa shape index (κ1) is 19.8. The first-order valence-electron chi connectivity index (χ1n) is 8.47. The van der Waals surface area contributed by atoms with E-state index in [0.717, 1.165) is 0 Å². The van der Waals surface area contributed by atoms with E-state index in [-0.39, 0.29) is 12.5 Å². The summed E-state index contributed by atoms with van der Waals surface area (Å²) in [5.41, 5.74) is 6.06. The molecule has 0 aromatic heterocycles. The number of hydrogen-bond donors (Lipinski definition) is 3. The Morgan fingerprint density at radius 1 is 1.31 bits per heavy atom.